The molecule has 1 N–H and O–H groups in total. The molecule has 3 rings (SSSR count). The van der Waals surface area contributed by atoms with Crippen molar-refractivity contribution in [3.05, 3.63) is 71.7 Å². The Labute approximate surface area is 135 Å². The summed E-state index contributed by atoms with van der Waals surface area (Å²) in [6, 6.07) is 13.7. The van der Waals surface area contributed by atoms with E-state index in [4.69, 9.17) is 0 Å². The Kier molecular flexibility index (Phi) is 3.98. The number of carbonyl (C=O) groups is 1. The average Bonchev–Trinajstić information content (AvgIpc) is 2.93. The van der Waals surface area contributed by atoms with Crippen LogP contribution in [0.3, 0.4) is 0 Å². The van der Waals surface area contributed by atoms with Crippen LogP contribution in [0.4, 0.5) is 0 Å². The fraction of sp³-hybridized carbons (Fsp3) is 0.158. The molecule has 2 heterocycles. The first-order valence-corrected chi connectivity index (χ1v) is 7.57. The number of aromatic carboxylic acids is 1. The summed E-state index contributed by atoms with van der Waals surface area (Å²) in [5.41, 5.74) is 4.95. The number of pyridine rings is 1. The summed E-state index contributed by atoms with van der Waals surface area (Å²) in [6.07, 6.45) is 4.42. The normalized spacial score (nSPS) is 10.7. The van der Waals surface area contributed by atoms with Gasteiger partial charge in [-0.2, -0.15) is 0 Å². The van der Waals surface area contributed by atoms with Gasteiger partial charge in [0.15, 0.2) is 0 Å². The predicted molar refractivity (Wildman–Crippen MR) is 90.1 cm³/mol. The van der Waals surface area contributed by atoms with Gasteiger partial charge in [-0.25, -0.2) is 4.79 Å². The number of hydrogen-bond acceptors (Lipinski definition) is 2. The third-order valence-corrected chi connectivity index (χ3v) is 4.04. The minimum atomic E-state index is -0.920. The van der Waals surface area contributed by atoms with Crippen LogP contribution in [0, 0.1) is 6.92 Å². The van der Waals surface area contributed by atoms with Crippen LogP contribution in [0.15, 0.2) is 54.9 Å². The molecule has 0 fully saturated rings. The van der Waals surface area contributed by atoms with E-state index in [1.165, 1.54) is 5.56 Å². The summed E-state index contributed by atoms with van der Waals surface area (Å²) < 4.78 is 1.94. The fourth-order valence-electron chi connectivity index (χ4n) is 2.77. The van der Waals surface area contributed by atoms with E-state index in [9.17, 15) is 9.90 Å². The molecule has 23 heavy (non-hydrogen) atoms. The van der Waals surface area contributed by atoms with Gasteiger partial charge in [0.25, 0.3) is 0 Å². The van der Waals surface area contributed by atoms with E-state index in [0.717, 1.165) is 23.4 Å². The topological polar surface area (TPSA) is 55.1 Å². The number of benzene rings is 1. The molecule has 0 aliphatic heterocycles. The van der Waals surface area contributed by atoms with Crippen LogP contribution in [0.25, 0.3) is 16.9 Å². The zero-order valence-electron chi connectivity index (χ0n) is 13.2. The summed E-state index contributed by atoms with van der Waals surface area (Å²) in [7, 11) is 0. The molecule has 1 aromatic carbocycles. The fourth-order valence-corrected chi connectivity index (χ4v) is 2.77. The quantitative estimate of drug-likeness (QED) is 0.789. The Morgan fingerprint density at radius 1 is 1.22 bits per heavy atom. The third kappa shape index (κ3) is 2.75. The molecule has 0 saturated heterocycles. The number of nitrogens with zero attached hydrogens (tertiary/aromatic N) is 2. The summed E-state index contributed by atoms with van der Waals surface area (Å²) in [5.74, 6) is -0.920. The van der Waals surface area contributed by atoms with E-state index < -0.39 is 5.97 Å². The molecule has 0 bridgehead atoms. The SMILES string of the molecule is CCc1ccc(-c2cc(C(=O)O)c(C)n2-c2cccnc2)cc1. The highest BCUT2D eigenvalue weighted by Crippen LogP contribution is 2.29. The number of carboxylic acids is 1. The lowest BCUT2D eigenvalue weighted by molar-refractivity contribution is 0.0696. The second kappa shape index (κ2) is 6.08. The molecule has 2 aromatic heterocycles. The maximum atomic E-state index is 11.5. The first kappa shape index (κ1) is 15.0. The van der Waals surface area contributed by atoms with Crippen LogP contribution < -0.4 is 0 Å². The van der Waals surface area contributed by atoms with Crippen molar-refractivity contribution in [3.63, 3.8) is 0 Å². The summed E-state index contributed by atoms with van der Waals surface area (Å²) in [5, 5.41) is 9.45. The molecule has 0 spiro atoms. The van der Waals surface area contributed by atoms with Crippen molar-refractivity contribution in [2.75, 3.05) is 0 Å². The molecule has 4 nitrogen and oxygen atoms in total. The summed E-state index contributed by atoms with van der Waals surface area (Å²) >= 11 is 0. The van der Waals surface area contributed by atoms with Gasteiger partial charge in [-0.3, -0.25) is 4.98 Å². The maximum absolute atomic E-state index is 11.5. The largest absolute Gasteiger partial charge is 0.478 e. The van der Waals surface area contributed by atoms with E-state index in [-0.39, 0.29) is 0 Å². The smallest absolute Gasteiger partial charge is 0.337 e. The highest BCUT2D eigenvalue weighted by Gasteiger charge is 2.19. The highest BCUT2D eigenvalue weighted by atomic mass is 16.4. The van der Waals surface area contributed by atoms with Gasteiger partial charge in [0.1, 0.15) is 0 Å². The molecule has 3 aromatic rings. The number of rotatable bonds is 4. The molecule has 0 aliphatic rings. The Bertz CT molecular complexity index is 834. The predicted octanol–water partition coefficient (Wildman–Crippen LogP) is 4.11. The molecular weight excluding hydrogens is 288 g/mol. The van der Waals surface area contributed by atoms with E-state index in [1.807, 2.05) is 35.8 Å². The van der Waals surface area contributed by atoms with Crippen molar-refractivity contribution in [2.24, 2.45) is 0 Å². The molecule has 0 radical (unpaired) electrons. The molecule has 0 saturated carbocycles. The van der Waals surface area contributed by atoms with Crippen molar-refractivity contribution in [1.29, 1.82) is 0 Å². The van der Waals surface area contributed by atoms with E-state index >= 15 is 0 Å². The monoisotopic (exact) mass is 306 g/mol. The van der Waals surface area contributed by atoms with Crippen molar-refractivity contribution in [1.82, 2.24) is 9.55 Å². The first-order chi connectivity index (χ1) is 11.1. The zero-order valence-corrected chi connectivity index (χ0v) is 13.2. The Balaban J connectivity index is 2.22. The van der Waals surface area contributed by atoms with E-state index in [1.54, 1.807) is 18.5 Å². The van der Waals surface area contributed by atoms with Gasteiger partial charge in [-0.05, 0) is 42.7 Å². The minimum Gasteiger partial charge on any atom is -0.478 e. The van der Waals surface area contributed by atoms with Crippen molar-refractivity contribution in [2.45, 2.75) is 20.3 Å². The van der Waals surface area contributed by atoms with Crippen molar-refractivity contribution in [3.8, 4) is 16.9 Å². The van der Waals surface area contributed by atoms with Gasteiger partial charge in [-0.1, -0.05) is 31.2 Å². The van der Waals surface area contributed by atoms with Crippen LogP contribution >= 0.6 is 0 Å². The average molecular weight is 306 g/mol. The van der Waals surface area contributed by atoms with Gasteiger partial charge >= 0.3 is 5.97 Å². The second-order valence-electron chi connectivity index (χ2n) is 5.43. The zero-order chi connectivity index (χ0) is 16.4. The van der Waals surface area contributed by atoms with Gasteiger partial charge in [-0.15, -0.1) is 0 Å². The van der Waals surface area contributed by atoms with Crippen LogP contribution in [-0.4, -0.2) is 20.6 Å². The molecule has 0 amide bonds. The lowest BCUT2D eigenvalue weighted by atomic mass is 10.1. The first-order valence-electron chi connectivity index (χ1n) is 7.57. The van der Waals surface area contributed by atoms with Crippen molar-refractivity contribution < 1.29 is 9.90 Å². The molecule has 4 heteroatoms. The summed E-state index contributed by atoms with van der Waals surface area (Å²) in [6.45, 7) is 3.93. The Morgan fingerprint density at radius 2 is 1.96 bits per heavy atom. The standard InChI is InChI=1S/C19H18N2O2/c1-3-14-6-8-15(9-7-14)18-11-17(19(22)23)13(2)21(18)16-5-4-10-20-12-16/h4-12H,3H2,1-2H3,(H,22,23). The Morgan fingerprint density at radius 3 is 2.52 bits per heavy atom. The number of aryl methyl sites for hydroxylation is 1. The van der Waals surface area contributed by atoms with Crippen molar-refractivity contribution >= 4 is 5.97 Å². The number of carboxylic acid groups (broad SMARTS) is 1. The lowest BCUT2D eigenvalue weighted by Gasteiger charge is -2.12. The van der Waals surface area contributed by atoms with Gasteiger partial charge in [0, 0.05) is 11.9 Å². The minimum absolute atomic E-state index is 0.309. The lowest BCUT2D eigenvalue weighted by Crippen LogP contribution is -2.02. The van der Waals surface area contributed by atoms with E-state index in [2.05, 4.69) is 24.0 Å². The van der Waals surface area contributed by atoms with Gasteiger partial charge in [0.05, 0.1) is 23.1 Å². The maximum Gasteiger partial charge on any atom is 0.337 e. The highest BCUT2D eigenvalue weighted by molar-refractivity contribution is 5.91. The molecule has 0 unspecified atom stereocenters. The van der Waals surface area contributed by atoms with Crippen LogP contribution in [0.2, 0.25) is 0 Å². The van der Waals surface area contributed by atoms with Crippen LogP contribution in [0.5, 0.6) is 0 Å². The van der Waals surface area contributed by atoms with E-state index in [0.29, 0.717) is 11.3 Å². The van der Waals surface area contributed by atoms with Crippen LogP contribution in [0.1, 0.15) is 28.5 Å². The summed E-state index contributed by atoms with van der Waals surface area (Å²) in [4.78, 5) is 15.7. The molecule has 0 atom stereocenters. The Hall–Kier alpha value is -2.88. The molecule has 116 valence electrons. The molecular formula is C19H18N2O2. The van der Waals surface area contributed by atoms with Crippen LogP contribution in [-0.2, 0) is 6.42 Å². The third-order valence-electron chi connectivity index (χ3n) is 4.04. The van der Waals surface area contributed by atoms with Gasteiger partial charge < -0.3 is 9.67 Å². The second-order valence-corrected chi connectivity index (χ2v) is 5.43. The number of aromatic nitrogens is 2. The number of hydrogen-bond donors (Lipinski definition) is 1. The van der Waals surface area contributed by atoms with Gasteiger partial charge in [0.2, 0.25) is 0 Å². The molecule has 0 aliphatic carbocycles.